The molecule has 0 unspecified atom stereocenters. The van der Waals surface area contributed by atoms with E-state index in [1.807, 2.05) is 22.8 Å². The second kappa shape index (κ2) is 11.1. The number of hydrogen-bond acceptors (Lipinski definition) is 6. The summed E-state index contributed by atoms with van der Waals surface area (Å²) in [5.41, 5.74) is 18.2. The smallest absolute Gasteiger partial charge is 0.167 e. The van der Waals surface area contributed by atoms with Gasteiger partial charge in [0.15, 0.2) is 11.6 Å². The zero-order valence-corrected chi connectivity index (χ0v) is 22.7. The van der Waals surface area contributed by atoms with Crippen molar-refractivity contribution in [3.63, 3.8) is 0 Å². The molecule has 1 saturated carbocycles. The normalized spacial score (nSPS) is 17.9. The number of anilines is 1. The zero-order chi connectivity index (χ0) is 27.7. The van der Waals surface area contributed by atoms with E-state index >= 15 is 0 Å². The number of amidine groups is 1. The molecule has 10 heteroatoms. The number of ether oxygens (including phenoxy) is 1. The molecule has 0 saturated heterocycles. The lowest BCUT2D eigenvalue weighted by atomic mass is 9.91. The standard InChI is InChI=1S/C29H32ClFN6O2/c1-3-16-10-20(39-2)8-9-21(16)17-11-26-28(35-19-6-4-18(32)5-7-19)22(14-34-37(26)15-17)29(33)36-25-13-24(31)27(38)12-23(25)30/h8-15,18-19,35,38H,3-7,32H2,1-2H3,(H2,33,36)/t18-,19-. The van der Waals surface area contributed by atoms with E-state index in [1.165, 1.54) is 0 Å². The lowest BCUT2D eigenvalue weighted by Gasteiger charge is -2.28. The van der Waals surface area contributed by atoms with Crippen LogP contribution < -0.4 is 21.5 Å². The molecule has 0 spiro atoms. The average molecular weight is 551 g/mol. The van der Waals surface area contributed by atoms with E-state index in [1.54, 1.807) is 13.3 Å². The van der Waals surface area contributed by atoms with Crippen LogP contribution in [0.1, 0.15) is 43.7 Å². The van der Waals surface area contributed by atoms with Crippen LogP contribution in [0.4, 0.5) is 15.8 Å². The fourth-order valence-corrected chi connectivity index (χ4v) is 5.29. The van der Waals surface area contributed by atoms with Gasteiger partial charge in [-0.3, -0.25) is 0 Å². The van der Waals surface area contributed by atoms with E-state index in [9.17, 15) is 9.50 Å². The van der Waals surface area contributed by atoms with Gasteiger partial charge in [0.25, 0.3) is 0 Å². The highest BCUT2D eigenvalue weighted by molar-refractivity contribution is 6.33. The average Bonchev–Trinajstić information content (AvgIpc) is 3.37. The van der Waals surface area contributed by atoms with Gasteiger partial charge in [0.1, 0.15) is 11.6 Å². The summed E-state index contributed by atoms with van der Waals surface area (Å²) >= 11 is 6.21. The molecule has 39 heavy (non-hydrogen) atoms. The Kier molecular flexibility index (Phi) is 7.63. The monoisotopic (exact) mass is 550 g/mol. The minimum absolute atomic E-state index is 0.0817. The Morgan fingerprint density at radius 1 is 1.23 bits per heavy atom. The summed E-state index contributed by atoms with van der Waals surface area (Å²) in [5.74, 6) is -0.456. The number of aliphatic imine (C=N–C) groups is 1. The lowest BCUT2D eigenvalue weighted by molar-refractivity contribution is 0.411. The molecule has 1 aliphatic carbocycles. The van der Waals surface area contributed by atoms with Crippen LogP contribution in [0.3, 0.4) is 0 Å². The number of rotatable bonds is 7. The first-order valence-corrected chi connectivity index (χ1v) is 13.4. The van der Waals surface area contributed by atoms with Gasteiger partial charge in [0.2, 0.25) is 0 Å². The van der Waals surface area contributed by atoms with Crippen molar-refractivity contribution in [2.45, 2.75) is 51.1 Å². The van der Waals surface area contributed by atoms with E-state index < -0.39 is 11.6 Å². The Hall–Kier alpha value is -3.82. The highest BCUT2D eigenvalue weighted by atomic mass is 35.5. The van der Waals surface area contributed by atoms with Crippen molar-refractivity contribution in [2.75, 3.05) is 12.4 Å². The number of nitrogens with one attached hydrogen (secondary N) is 1. The number of phenolic OH excluding ortho intramolecular Hbond substituents is 1. The van der Waals surface area contributed by atoms with E-state index in [0.29, 0.717) is 5.56 Å². The second-order valence-electron chi connectivity index (χ2n) is 9.88. The Balaban J connectivity index is 1.63. The second-order valence-corrected chi connectivity index (χ2v) is 10.3. The highest BCUT2D eigenvalue weighted by Crippen LogP contribution is 2.35. The summed E-state index contributed by atoms with van der Waals surface area (Å²) in [5, 5.41) is 18.0. The van der Waals surface area contributed by atoms with Gasteiger partial charge in [-0.1, -0.05) is 24.6 Å². The number of fused-ring (bicyclic) bond motifs is 1. The summed E-state index contributed by atoms with van der Waals surface area (Å²) in [4.78, 5) is 4.40. The summed E-state index contributed by atoms with van der Waals surface area (Å²) < 4.78 is 21.3. The number of phenols is 1. The minimum Gasteiger partial charge on any atom is -0.505 e. The quantitative estimate of drug-likeness (QED) is 0.171. The molecule has 0 aliphatic heterocycles. The first-order chi connectivity index (χ1) is 18.8. The summed E-state index contributed by atoms with van der Waals surface area (Å²) in [6.07, 6.45) is 8.18. The Morgan fingerprint density at radius 3 is 2.72 bits per heavy atom. The summed E-state index contributed by atoms with van der Waals surface area (Å²) in [6.45, 7) is 2.11. The maximum atomic E-state index is 14.0. The molecule has 5 rings (SSSR count). The molecule has 1 aliphatic rings. The molecule has 0 atom stereocenters. The molecule has 0 bridgehead atoms. The maximum absolute atomic E-state index is 14.0. The fourth-order valence-electron chi connectivity index (χ4n) is 5.09. The number of halogens is 2. The van der Waals surface area contributed by atoms with E-state index in [0.717, 1.165) is 77.9 Å². The Bertz CT molecular complexity index is 1540. The Morgan fingerprint density at radius 2 is 2.00 bits per heavy atom. The predicted octanol–water partition coefficient (Wildman–Crippen LogP) is 5.79. The molecule has 1 fully saturated rings. The SMILES string of the molecule is CCc1cc(OC)ccc1-c1cc2c(N[C@H]3CC[C@H](N)CC3)c(/C(N)=N/c3cc(F)c(O)cc3Cl)cnn2c1. The lowest BCUT2D eigenvalue weighted by Crippen LogP contribution is -2.33. The van der Waals surface area contributed by atoms with Crippen molar-refractivity contribution in [3.8, 4) is 22.6 Å². The van der Waals surface area contributed by atoms with Crippen molar-refractivity contribution >= 4 is 34.3 Å². The first-order valence-electron chi connectivity index (χ1n) is 13.0. The van der Waals surface area contributed by atoms with Crippen molar-refractivity contribution in [2.24, 2.45) is 16.5 Å². The third-order valence-corrected chi connectivity index (χ3v) is 7.60. The molecule has 0 amide bonds. The van der Waals surface area contributed by atoms with Crippen LogP contribution in [0.25, 0.3) is 16.6 Å². The van der Waals surface area contributed by atoms with Gasteiger partial charge < -0.3 is 26.6 Å². The van der Waals surface area contributed by atoms with Crippen molar-refractivity contribution in [1.29, 1.82) is 0 Å². The van der Waals surface area contributed by atoms with Gasteiger partial charge in [-0.05, 0) is 61.4 Å². The van der Waals surface area contributed by atoms with Crippen LogP contribution in [-0.4, -0.2) is 39.7 Å². The fraction of sp³-hybridized carbons (Fsp3) is 0.310. The van der Waals surface area contributed by atoms with Gasteiger partial charge in [0, 0.05) is 36.0 Å². The van der Waals surface area contributed by atoms with Gasteiger partial charge in [-0.15, -0.1) is 0 Å². The van der Waals surface area contributed by atoms with E-state index in [2.05, 4.69) is 34.5 Å². The molecular formula is C29H32ClFN6O2. The zero-order valence-electron chi connectivity index (χ0n) is 21.9. The molecule has 2 aromatic carbocycles. The topological polar surface area (TPSA) is 123 Å². The van der Waals surface area contributed by atoms with Gasteiger partial charge in [0.05, 0.1) is 40.8 Å². The van der Waals surface area contributed by atoms with Gasteiger partial charge >= 0.3 is 0 Å². The summed E-state index contributed by atoms with van der Waals surface area (Å²) in [6, 6.07) is 10.7. The largest absolute Gasteiger partial charge is 0.505 e. The number of methoxy groups -OCH3 is 1. The van der Waals surface area contributed by atoms with Crippen molar-refractivity contribution in [3.05, 3.63) is 70.8 Å². The Labute approximate surface area is 231 Å². The van der Waals surface area contributed by atoms with E-state index in [4.69, 9.17) is 27.8 Å². The highest BCUT2D eigenvalue weighted by Gasteiger charge is 2.23. The third-order valence-electron chi connectivity index (χ3n) is 7.29. The number of benzene rings is 2. The molecule has 4 aromatic rings. The first kappa shape index (κ1) is 26.8. The number of nitrogens with two attached hydrogens (primary N) is 2. The molecule has 0 radical (unpaired) electrons. The van der Waals surface area contributed by atoms with Crippen LogP contribution >= 0.6 is 11.6 Å². The van der Waals surface area contributed by atoms with Crippen LogP contribution in [0.2, 0.25) is 5.02 Å². The van der Waals surface area contributed by atoms with Gasteiger partial charge in [-0.25, -0.2) is 13.9 Å². The molecule has 204 valence electrons. The summed E-state index contributed by atoms with van der Waals surface area (Å²) in [7, 11) is 1.66. The van der Waals surface area contributed by atoms with Crippen LogP contribution in [-0.2, 0) is 6.42 Å². The molecular weight excluding hydrogens is 519 g/mol. The minimum atomic E-state index is -0.834. The predicted molar refractivity (Wildman–Crippen MR) is 154 cm³/mol. The van der Waals surface area contributed by atoms with Crippen molar-refractivity contribution < 1.29 is 14.2 Å². The van der Waals surface area contributed by atoms with Crippen LogP contribution in [0, 0.1) is 5.82 Å². The number of hydrogen-bond donors (Lipinski definition) is 4. The number of aromatic nitrogens is 2. The molecule has 2 heterocycles. The molecule has 6 N–H and O–H groups in total. The van der Waals surface area contributed by atoms with E-state index in [-0.39, 0.29) is 28.6 Å². The number of aryl methyl sites for hydroxylation is 1. The van der Waals surface area contributed by atoms with Crippen LogP contribution in [0.15, 0.2) is 53.8 Å². The molecule has 2 aromatic heterocycles. The number of nitrogens with zero attached hydrogens (tertiary/aromatic N) is 3. The molecule has 8 nitrogen and oxygen atoms in total. The van der Waals surface area contributed by atoms with Crippen molar-refractivity contribution in [1.82, 2.24) is 9.61 Å². The number of aromatic hydroxyl groups is 1. The third kappa shape index (κ3) is 5.51. The maximum Gasteiger partial charge on any atom is 0.167 e. The van der Waals surface area contributed by atoms with Gasteiger partial charge in [-0.2, -0.15) is 5.10 Å². The van der Waals surface area contributed by atoms with Crippen LogP contribution in [0.5, 0.6) is 11.5 Å².